The lowest BCUT2D eigenvalue weighted by atomic mass is 9.60. The Balaban J connectivity index is 1.48. The van der Waals surface area contributed by atoms with Crippen molar-refractivity contribution in [1.29, 1.82) is 0 Å². The van der Waals surface area contributed by atoms with Gasteiger partial charge in [0.05, 0.1) is 0 Å². The van der Waals surface area contributed by atoms with Gasteiger partial charge in [0, 0.05) is 29.7 Å². The van der Waals surface area contributed by atoms with E-state index in [2.05, 4.69) is 35.8 Å². The van der Waals surface area contributed by atoms with E-state index < -0.39 is 5.60 Å². The molecule has 1 aromatic rings. The van der Waals surface area contributed by atoms with Gasteiger partial charge in [0.2, 0.25) is 0 Å². The molecule has 1 saturated heterocycles. The van der Waals surface area contributed by atoms with Gasteiger partial charge >= 0.3 is 6.09 Å². The number of amides is 1. The minimum atomic E-state index is -0.414. The van der Waals surface area contributed by atoms with Crippen LogP contribution in [0.25, 0.3) is 0 Å². The van der Waals surface area contributed by atoms with Crippen LogP contribution in [0.2, 0.25) is 0 Å². The first-order valence-electron chi connectivity index (χ1n) is 9.18. The smallest absolute Gasteiger partial charge is 0.410 e. The van der Waals surface area contributed by atoms with Crippen LogP contribution in [0.15, 0.2) is 29.2 Å². The van der Waals surface area contributed by atoms with Crippen molar-refractivity contribution in [2.45, 2.75) is 63.0 Å². The Bertz CT molecular complexity index is 610. The highest BCUT2D eigenvalue weighted by molar-refractivity contribution is 7.98. The van der Waals surface area contributed by atoms with Crippen molar-refractivity contribution < 1.29 is 9.53 Å². The van der Waals surface area contributed by atoms with Crippen molar-refractivity contribution in [1.82, 2.24) is 4.90 Å². The number of anilines is 1. The number of hydrogen-bond donors (Lipinski definition) is 1. The lowest BCUT2D eigenvalue weighted by Crippen LogP contribution is -2.53. The molecule has 25 heavy (non-hydrogen) atoms. The van der Waals surface area contributed by atoms with Crippen molar-refractivity contribution in [2.75, 3.05) is 24.7 Å². The van der Waals surface area contributed by atoms with E-state index >= 15 is 0 Å². The van der Waals surface area contributed by atoms with Gasteiger partial charge in [-0.2, -0.15) is 0 Å². The van der Waals surface area contributed by atoms with Crippen LogP contribution in [0, 0.1) is 5.41 Å². The molecule has 4 nitrogen and oxygen atoms in total. The Hall–Kier alpha value is -1.36. The molecule has 1 aliphatic carbocycles. The van der Waals surface area contributed by atoms with Crippen molar-refractivity contribution in [3.05, 3.63) is 24.3 Å². The van der Waals surface area contributed by atoms with Crippen LogP contribution in [0.1, 0.15) is 46.5 Å². The van der Waals surface area contributed by atoms with Crippen LogP contribution >= 0.6 is 11.8 Å². The average molecular weight is 363 g/mol. The molecule has 2 aliphatic rings. The SMILES string of the molecule is CSc1ccccc1NC1CC2(CCN(C(=O)OC(C)(C)C)CC2)C1. The van der Waals surface area contributed by atoms with Gasteiger partial charge < -0.3 is 15.0 Å². The number of hydrogen-bond acceptors (Lipinski definition) is 4. The lowest BCUT2D eigenvalue weighted by molar-refractivity contribution is -0.00861. The number of thioether (sulfide) groups is 1. The van der Waals surface area contributed by atoms with Crippen molar-refractivity contribution in [3.8, 4) is 0 Å². The second kappa shape index (κ2) is 7.10. The Morgan fingerprint density at radius 1 is 1.24 bits per heavy atom. The second-order valence-electron chi connectivity index (χ2n) is 8.42. The number of carbonyl (C=O) groups is 1. The predicted molar refractivity (Wildman–Crippen MR) is 104 cm³/mol. The number of ether oxygens (including phenoxy) is 1. The first-order valence-corrected chi connectivity index (χ1v) is 10.4. The van der Waals surface area contributed by atoms with Gasteiger partial charge in [0.1, 0.15) is 5.60 Å². The van der Waals surface area contributed by atoms with E-state index in [0.29, 0.717) is 11.5 Å². The molecule has 0 radical (unpaired) electrons. The fraction of sp³-hybridized carbons (Fsp3) is 0.650. The van der Waals surface area contributed by atoms with Crippen LogP contribution in [0.3, 0.4) is 0 Å². The molecule has 1 spiro atoms. The highest BCUT2D eigenvalue weighted by atomic mass is 32.2. The summed E-state index contributed by atoms with van der Waals surface area (Å²) in [7, 11) is 0. The Morgan fingerprint density at radius 2 is 1.88 bits per heavy atom. The van der Waals surface area contributed by atoms with Gasteiger partial charge in [0.15, 0.2) is 0 Å². The van der Waals surface area contributed by atoms with Crippen LogP contribution in [0.4, 0.5) is 10.5 Å². The Labute approximate surface area is 155 Å². The minimum Gasteiger partial charge on any atom is -0.444 e. The number of nitrogens with one attached hydrogen (secondary N) is 1. The van der Waals surface area contributed by atoms with E-state index in [0.717, 1.165) is 25.9 Å². The topological polar surface area (TPSA) is 41.6 Å². The highest BCUT2D eigenvalue weighted by Gasteiger charge is 2.46. The quantitative estimate of drug-likeness (QED) is 0.768. The monoisotopic (exact) mass is 362 g/mol. The fourth-order valence-corrected chi connectivity index (χ4v) is 4.53. The zero-order valence-electron chi connectivity index (χ0n) is 15.8. The van der Waals surface area contributed by atoms with E-state index in [-0.39, 0.29) is 6.09 Å². The third-order valence-electron chi connectivity index (χ3n) is 5.30. The third-order valence-corrected chi connectivity index (χ3v) is 6.10. The summed E-state index contributed by atoms with van der Waals surface area (Å²) in [5.74, 6) is 0. The minimum absolute atomic E-state index is 0.162. The summed E-state index contributed by atoms with van der Waals surface area (Å²) in [6.45, 7) is 7.41. The van der Waals surface area contributed by atoms with Crippen LogP contribution in [-0.4, -0.2) is 42.0 Å². The third kappa shape index (κ3) is 4.43. The van der Waals surface area contributed by atoms with Gasteiger partial charge in [-0.15, -0.1) is 11.8 Å². The summed E-state index contributed by atoms with van der Waals surface area (Å²) in [4.78, 5) is 15.4. The van der Waals surface area contributed by atoms with E-state index in [1.807, 2.05) is 25.7 Å². The maximum Gasteiger partial charge on any atom is 0.410 e. The van der Waals surface area contributed by atoms with E-state index in [1.165, 1.54) is 23.4 Å². The number of para-hydroxylation sites is 1. The average Bonchev–Trinajstić information content (AvgIpc) is 2.53. The lowest BCUT2D eigenvalue weighted by Gasteiger charge is -2.52. The van der Waals surface area contributed by atoms with Gasteiger partial charge in [-0.1, -0.05) is 12.1 Å². The van der Waals surface area contributed by atoms with Crippen molar-refractivity contribution in [3.63, 3.8) is 0 Å². The molecular formula is C20H30N2O2S. The van der Waals surface area contributed by atoms with Crippen LogP contribution in [-0.2, 0) is 4.74 Å². The summed E-state index contributed by atoms with van der Waals surface area (Å²) < 4.78 is 5.49. The summed E-state index contributed by atoms with van der Waals surface area (Å²) in [6.07, 6.45) is 6.55. The Kier molecular flexibility index (Phi) is 5.24. The number of nitrogens with zero attached hydrogens (tertiary/aromatic N) is 1. The zero-order chi connectivity index (χ0) is 18.1. The number of likely N-dealkylation sites (tertiary alicyclic amines) is 1. The van der Waals surface area contributed by atoms with Gasteiger partial charge in [-0.25, -0.2) is 4.79 Å². The number of carbonyl (C=O) groups excluding carboxylic acids is 1. The summed E-state index contributed by atoms with van der Waals surface area (Å²) in [6, 6.07) is 9.07. The largest absolute Gasteiger partial charge is 0.444 e. The molecular weight excluding hydrogens is 332 g/mol. The normalized spacial score (nSPS) is 20.2. The molecule has 5 heteroatoms. The molecule has 0 atom stereocenters. The number of benzene rings is 1. The molecule has 0 aromatic heterocycles. The van der Waals surface area contributed by atoms with Crippen LogP contribution in [0.5, 0.6) is 0 Å². The summed E-state index contributed by atoms with van der Waals surface area (Å²) in [5.41, 5.74) is 1.26. The maximum absolute atomic E-state index is 12.2. The number of piperidine rings is 1. The fourth-order valence-electron chi connectivity index (χ4n) is 3.97. The molecule has 1 heterocycles. The molecule has 1 amide bonds. The molecule has 1 aromatic carbocycles. The maximum atomic E-state index is 12.2. The molecule has 2 fully saturated rings. The predicted octanol–water partition coefficient (Wildman–Crippen LogP) is 5.00. The van der Waals surface area contributed by atoms with Crippen molar-refractivity contribution >= 4 is 23.5 Å². The summed E-state index contributed by atoms with van der Waals surface area (Å²) >= 11 is 1.79. The number of rotatable bonds is 3. The zero-order valence-corrected chi connectivity index (χ0v) is 16.6. The molecule has 138 valence electrons. The summed E-state index contributed by atoms with van der Waals surface area (Å²) in [5, 5.41) is 3.71. The molecule has 1 saturated carbocycles. The Morgan fingerprint density at radius 3 is 2.48 bits per heavy atom. The van der Waals surface area contributed by atoms with Gasteiger partial charge in [-0.05, 0) is 70.3 Å². The second-order valence-corrected chi connectivity index (χ2v) is 9.27. The molecule has 0 unspecified atom stereocenters. The van der Waals surface area contributed by atoms with Crippen LogP contribution < -0.4 is 5.32 Å². The molecule has 0 bridgehead atoms. The molecule has 1 N–H and O–H groups in total. The molecule has 1 aliphatic heterocycles. The van der Waals surface area contributed by atoms with E-state index in [1.54, 1.807) is 11.8 Å². The van der Waals surface area contributed by atoms with Gasteiger partial charge in [-0.3, -0.25) is 0 Å². The van der Waals surface area contributed by atoms with E-state index in [9.17, 15) is 4.79 Å². The van der Waals surface area contributed by atoms with Gasteiger partial charge in [0.25, 0.3) is 0 Å². The first-order chi connectivity index (χ1) is 11.8. The van der Waals surface area contributed by atoms with Crippen molar-refractivity contribution in [2.24, 2.45) is 5.41 Å². The molecule has 3 rings (SSSR count). The first kappa shape index (κ1) is 18.4. The highest BCUT2D eigenvalue weighted by Crippen LogP contribution is 2.50. The van der Waals surface area contributed by atoms with E-state index in [4.69, 9.17) is 4.74 Å². The standard InChI is InChI=1S/C20H30N2O2S/c1-19(2,3)24-18(23)22-11-9-20(10-12-22)13-15(14-20)21-16-7-5-6-8-17(16)25-4/h5-8,15,21H,9-14H2,1-4H3.